The van der Waals surface area contributed by atoms with E-state index in [0.717, 1.165) is 14.9 Å². The lowest BCUT2D eigenvalue weighted by atomic mass is 10.3. The molecule has 4 nitrogen and oxygen atoms in total. The Hall–Kier alpha value is -0.980. The molecule has 0 atom stereocenters. The molecule has 0 radical (unpaired) electrons. The van der Waals surface area contributed by atoms with E-state index >= 15 is 0 Å². The minimum Gasteiger partial charge on any atom is -0.395 e. The summed E-state index contributed by atoms with van der Waals surface area (Å²) >= 11 is 5.05. The van der Waals surface area contributed by atoms with Crippen LogP contribution in [0, 0.1) is 0 Å². The van der Waals surface area contributed by atoms with Gasteiger partial charge in [-0.3, -0.25) is 0 Å². The molecule has 84 valence electrons. The quantitative estimate of drug-likeness (QED) is 0.910. The van der Waals surface area contributed by atoms with Gasteiger partial charge < -0.3 is 10.4 Å². The van der Waals surface area contributed by atoms with E-state index in [9.17, 15) is 0 Å². The highest BCUT2D eigenvalue weighted by Gasteiger charge is 2.02. The molecule has 2 rings (SSSR count). The fourth-order valence-electron chi connectivity index (χ4n) is 1.18. The Morgan fingerprint density at radius 2 is 2.12 bits per heavy atom. The van der Waals surface area contributed by atoms with Gasteiger partial charge in [-0.05, 0) is 22.0 Å². The summed E-state index contributed by atoms with van der Waals surface area (Å²) in [4.78, 5) is 9.45. The predicted octanol–water partition coefficient (Wildman–Crippen LogP) is 2.37. The first kappa shape index (κ1) is 11.5. The van der Waals surface area contributed by atoms with Crippen LogP contribution in [-0.4, -0.2) is 28.2 Å². The first-order valence-corrected chi connectivity index (χ1v) is 6.38. The van der Waals surface area contributed by atoms with E-state index in [1.54, 1.807) is 23.7 Å². The molecule has 0 saturated heterocycles. The Morgan fingerprint density at radius 1 is 1.38 bits per heavy atom. The first-order chi connectivity index (χ1) is 7.79. The zero-order valence-corrected chi connectivity index (χ0v) is 10.8. The molecule has 0 aliphatic heterocycles. The van der Waals surface area contributed by atoms with E-state index in [-0.39, 0.29) is 6.61 Å². The number of anilines is 1. The topological polar surface area (TPSA) is 58.0 Å². The van der Waals surface area contributed by atoms with Gasteiger partial charge in [0.15, 0.2) is 0 Å². The molecule has 0 saturated carbocycles. The molecule has 0 unspecified atom stereocenters. The number of aromatic nitrogens is 2. The summed E-state index contributed by atoms with van der Waals surface area (Å²) in [7, 11) is 0. The van der Waals surface area contributed by atoms with Crippen LogP contribution < -0.4 is 5.32 Å². The lowest BCUT2D eigenvalue weighted by Gasteiger charge is -2.02. The summed E-state index contributed by atoms with van der Waals surface area (Å²) in [6.45, 7) is 0.535. The molecule has 2 heterocycles. The zero-order valence-electron chi connectivity index (χ0n) is 8.35. The number of aliphatic hydroxyl groups is 1. The Kier molecular flexibility index (Phi) is 3.87. The maximum atomic E-state index is 8.64. The van der Waals surface area contributed by atoms with Gasteiger partial charge in [0.05, 0.1) is 6.61 Å². The Morgan fingerprint density at radius 3 is 2.69 bits per heavy atom. The Balaban J connectivity index is 2.13. The van der Waals surface area contributed by atoms with Crippen LogP contribution in [0.1, 0.15) is 0 Å². The summed E-state index contributed by atoms with van der Waals surface area (Å²) < 4.78 is 1.06. The number of nitrogens with one attached hydrogen (secondary N) is 1. The molecule has 0 spiro atoms. The lowest BCUT2D eigenvalue weighted by Crippen LogP contribution is -2.08. The second-order valence-electron chi connectivity index (χ2n) is 3.07. The molecule has 0 fully saturated rings. The molecule has 0 bridgehead atoms. The Labute approximate surface area is 106 Å². The fourth-order valence-corrected chi connectivity index (χ4v) is 2.58. The maximum absolute atomic E-state index is 8.64. The maximum Gasteiger partial charge on any atom is 0.222 e. The molecule has 16 heavy (non-hydrogen) atoms. The van der Waals surface area contributed by atoms with Crippen LogP contribution in [0.3, 0.4) is 0 Å². The summed E-state index contributed by atoms with van der Waals surface area (Å²) in [6, 6.07) is 2.03. The summed E-state index contributed by atoms with van der Waals surface area (Å²) in [5.74, 6) is 0.536. The summed E-state index contributed by atoms with van der Waals surface area (Å²) in [6.07, 6.45) is 3.54. The van der Waals surface area contributed by atoms with Crippen LogP contribution in [0.15, 0.2) is 28.3 Å². The molecular weight excluding hydrogens is 290 g/mol. The second kappa shape index (κ2) is 5.38. The SMILES string of the molecule is OCCNc1ncc(-c2cc(Br)cs2)cn1. The van der Waals surface area contributed by atoms with Gasteiger partial charge in [-0.2, -0.15) is 0 Å². The number of halogens is 1. The van der Waals surface area contributed by atoms with E-state index in [1.165, 1.54) is 0 Å². The van der Waals surface area contributed by atoms with Gasteiger partial charge in [-0.25, -0.2) is 9.97 Å². The monoisotopic (exact) mass is 299 g/mol. The van der Waals surface area contributed by atoms with Crippen LogP contribution >= 0.6 is 27.3 Å². The van der Waals surface area contributed by atoms with Crippen molar-refractivity contribution in [1.82, 2.24) is 9.97 Å². The molecule has 0 aliphatic carbocycles. The van der Waals surface area contributed by atoms with E-state index in [1.807, 2.05) is 11.4 Å². The van der Waals surface area contributed by atoms with Crippen molar-refractivity contribution in [3.05, 3.63) is 28.3 Å². The highest BCUT2D eigenvalue weighted by Crippen LogP contribution is 2.28. The Bertz CT molecular complexity index is 457. The summed E-state index contributed by atoms with van der Waals surface area (Å²) in [5.41, 5.74) is 0.991. The number of thiophene rings is 1. The molecule has 2 N–H and O–H groups in total. The van der Waals surface area contributed by atoms with Crippen LogP contribution in [-0.2, 0) is 0 Å². The molecule has 0 aromatic carbocycles. The smallest absolute Gasteiger partial charge is 0.222 e. The van der Waals surface area contributed by atoms with E-state index in [0.29, 0.717) is 12.5 Å². The molecule has 2 aromatic rings. The van der Waals surface area contributed by atoms with Gasteiger partial charge in [0.1, 0.15) is 0 Å². The van der Waals surface area contributed by atoms with Gasteiger partial charge >= 0.3 is 0 Å². The minimum atomic E-state index is 0.0724. The third-order valence-electron chi connectivity index (χ3n) is 1.90. The highest BCUT2D eigenvalue weighted by molar-refractivity contribution is 9.10. The third kappa shape index (κ3) is 2.78. The van der Waals surface area contributed by atoms with Gasteiger partial charge in [-0.15, -0.1) is 11.3 Å². The van der Waals surface area contributed by atoms with Crippen molar-refractivity contribution in [3.63, 3.8) is 0 Å². The molecule has 6 heteroatoms. The largest absolute Gasteiger partial charge is 0.395 e. The zero-order chi connectivity index (χ0) is 11.4. The number of rotatable bonds is 4. The van der Waals surface area contributed by atoms with Gasteiger partial charge in [0, 0.05) is 39.2 Å². The van der Waals surface area contributed by atoms with Crippen molar-refractivity contribution in [2.24, 2.45) is 0 Å². The average molecular weight is 300 g/mol. The number of hydrogen-bond acceptors (Lipinski definition) is 5. The van der Waals surface area contributed by atoms with Crippen molar-refractivity contribution in [2.75, 3.05) is 18.5 Å². The molecule has 0 amide bonds. The van der Waals surface area contributed by atoms with Gasteiger partial charge in [-0.1, -0.05) is 0 Å². The lowest BCUT2D eigenvalue weighted by molar-refractivity contribution is 0.311. The predicted molar refractivity (Wildman–Crippen MR) is 68.6 cm³/mol. The fraction of sp³-hybridized carbons (Fsp3) is 0.200. The molecule has 0 aliphatic rings. The van der Waals surface area contributed by atoms with E-state index in [4.69, 9.17) is 5.11 Å². The number of nitrogens with zero attached hydrogens (tertiary/aromatic N) is 2. The first-order valence-electron chi connectivity index (χ1n) is 4.71. The molecule has 2 aromatic heterocycles. The van der Waals surface area contributed by atoms with Crippen LogP contribution in [0.2, 0.25) is 0 Å². The second-order valence-corrected chi connectivity index (χ2v) is 4.90. The van der Waals surface area contributed by atoms with E-state index < -0.39 is 0 Å². The van der Waals surface area contributed by atoms with E-state index in [2.05, 4.69) is 31.2 Å². The normalized spacial score (nSPS) is 10.4. The van der Waals surface area contributed by atoms with Crippen LogP contribution in [0.5, 0.6) is 0 Å². The van der Waals surface area contributed by atoms with Gasteiger partial charge in [0.2, 0.25) is 5.95 Å². The molecular formula is C10H10BrN3OS. The number of aliphatic hydroxyl groups excluding tert-OH is 1. The third-order valence-corrected chi connectivity index (χ3v) is 3.64. The van der Waals surface area contributed by atoms with Crippen molar-refractivity contribution < 1.29 is 5.11 Å². The van der Waals surface area contributed by atoms with Crippen molar-refractivity contribution in [1.29, 1.82) is 0 Å². The van der Waals surface area contributed by atoms with Crippen molar-refractivity contribution in [2.45, 2.75) is 0 Å². The number of hydrogen-bond donors (Lipinski definition) is 2. The van der Waals surface area contributed by atoms with Crippen molar-refractivity contribution >= 4 is 33.2 Å². The van der Waals surface area contributed by atoms with Crippen molar-refractivity contribution in [3.8, 4) is 10.4 Å². The van der Waals surface area contributed by atoms with Crippen LogP contribution in [0.4, 0.5) is 5.95 Å². The average Bonchev–Trinajstić information content (AvgIpc) is 2.74. The standard InChI is InChI=1S/C10H10BrN3OS/c11-8-3-9(16-6-8)7-4-13-10(14-5-7)12-1-2-15/h3-6,15H,1-2H2,(H,12,13,14). The van der Waals surface area contributed by atoms with Gasteiger partial charge in [0.25, 0.3) is 0 Å². The minimum absolute atomic E-state index is 0.0724. The summed E-state index contributed by atoms with van der Waals surface area (Å²) in [5, 5.41) is 13.6. The van der Waals surface area contributed by atoms with Crippen LogP contribution in [0.25, 0.3) is 10.4 Å². The highest BCUT2D eigenvalue weighted by atomic mass is 79.9.